The van der Waals surface area contributed by atoms with Crippen molar-refractivity contribution >= 4 is 17.7 Å². The number of esters is 1. The summed E-state index contributed by atoms with van der Waals surface area (Å²) in [7, 11) is 1.38. The Bertz CT molecular complexity index is 728. The first kappa shape index (κ1) is 29.0. The Balaban J connectivity index is 3.09. The van der Waals surface area contributed by atoms with E-state index in [1.807, 2.05) is 13.8 Å². The highest BCUT2D eigenvalue weighted by atomic mass is 16.6. The minimum atomic E-state index is -1.70. The quantitative estimate of drug-likeness (QED) is 0.366. The molecule has 0 aromatic rings. The molecule has 1 rings (SSSR count). The monoisotopic (exact) mass is 468 g/mol. The molecule has 0 spiro atoms. The average Bonchev–Trinajstić information content (AvgIpc) is 2.76. The van der Waals surface area contributed by atoms with Crippen molar-refractivity contribution in [2.24, 2.45) is 23.7 Å². The fourth-order valence-electron chi connectivity index (χ4n) is 4.22. The predicted octanol–water partition coefficient (Wildman–Crippen LogP) is 2.91. The lowest BCUT2D eigenvalue weighted by Gasteiger charge is -2.28. The minimum Gasteiger partial charge on any atom is -0.481 e. The minimum absolute atomic E-state index is 0.0661. The van der Waals surface area contributed by atoms with Crippen LogP contribution in [-0.4, -0.2) is 64.6 Å². The maximum Gasteiger partial charge on any atom is 0.338 e. The fraction of sp³-hybridized carbons (Fsp3) is 0.720. The summed E-state index contributed by atoms with van der Waals surface area (Å²) < 4.78 is 10.8. The average molecular weight is 469 g/mol. The van der Waals surface area contributed by atoms with E-state index in [2.05, 4.69) is 0 Å². The summed E-state index contributed by atoms with van der Waals surface area (Å²) >= 11 is 0. The Morgan fingerprint density at radius 1 is 1.21 bits per heavy atom. The van der Waals surface area contributed by atoms with Gasteiger partial charge in [0.15, 0.2) is 6.10 Å². The Kier molecular flexibility index (Phi) is 12.0. The summed E-state index contributed by atoms with van der Waals surface area (Å²) in [6.45, 7) is 9.09. The molecular weight excluding hydrogens is 428 g/mol. The largest absolute Gasteiger partial charge is 0.481 e. The molecule has 0 radical (unpaired) electrons. The number of carboxylic acid groups (broad SMARTS) is 1. The normalized spacial score (nSPS) is 31.3. The molecule has 8 unspecified atom stereocenters. The molecule has 0 aromatic heterocycles. The lowest BCUT2D eigenvalue weighted by atomic mass is 9.86. The molecule has 0 aliphatic carbocycles. The SMILES string of the molecule is COC(CC(=O)O)C(C)C(=O)C(C)/C=C(\C)C1OC(=O)C(O)C(O)/C=C/C(C)CCCC1C. The molecule has 0 aromatic carbocycles. The van der Waals surface area contributed by atoms with Gasteiger partial charge in [0.2, 0.25) is 0 Å². The second-order valence-corrected chi connectivity index (χ2v) is 9.33. The van der Waals surface area contributed by atoms with Gasteiger partial charge in [0.05, 0.1) is 12.5 Å². The van der Waals surface area contributed by atoms with Crippen molar-refractivity contribution in [2.45, 2.75) is 84.7 Å². The topological polar surface area (TPSA) is 130 Å². The lowest BCUT2D eigenvalue weighted by molar-refractivity contribution is -0.164. The van der Waals surface area contributed by atoms with E-state index in [-0.39, 0.29) is 24.0 Å². The number of allylic oxidation sites excluding steroid dienone is 2. The van der Waals surface area contributed by atoms with Crippen LogP contribution in [0.5, 0.6) is 0 Å². The van der Waals surface area contributed by atoms with Crippen molar-refractivity contribution < 1.29 is 39.2 Å². The maximum absolute atomic E-state index is 12.9. The van der Waals surface area contributed by atoms with Crippen LogP contribution < -0.4 is 0 Å². The van der Waals surface area contributed by atoms with Gasteiger partial charge < -0.3 is 24.8 Å². The summed E-state index contributed by atoms with van der Waals surface area (Å²) in [5, 5.41) is 29.3. The molecule has 8 nitrogen and oxygen atoms in total. The number of aliphatic hydroxyl groups excluding tert-OH is 2. The van der Waals surface area contributed by atoms with Crippen LogP contribution in [0.3, 0.4) is 0 Å². The van der Waals surface area contributed by atoms with E-state index >= 15 is 0 Å². The Labute approximate surface area is 196 Å². The van der Waals surface area contributed by atoms with Crippen molar-refractivity contribution in [1.29, 1.82) is 0 Å². The molecule has 8 heteroatoms. The molecule has 1 heterocycles. The van der Waals surface area contributed by atoms with Crippen molar-refractivity contribution in [1.82, 2.24) is 0 Å². The summed E-state index contributed by atoms with van der Waals surface area (Å²) in [6.07, 6.45) is 2.76. The van der Waals surface area contributed by atoms with E-state index in [1.54, 1.807) is 32.9 Å². The van der Waals surface area contributed by atoms with Gasteiger partial charge in [0, 0.05) is 18.9 Å². The van der Waals surface area contributed by atoms with E-state index in [0.717, 1.165) is 19.3 Å². The fourth-order valence-corrected chi connectivity index (χ4v) is 4.22. The molecule has 0 fully saturated rings. The third kappa shape index (κ3) is 9.02. The molecule has 8 atom stereocenters. The van der Waals surface area contributed by atoms with Gasteiger partial charge in [-0.25, -0.2) is 4.79 Å². The number of carboxylic acids is 1. The number of carbonyl (C=O) groups excluding carboxylic acids is 2. The van der Waals surface area contributed by atoms with Gasteiger partial charge in [-0.15, -0.1) is 0 Å². The number of rotatable bonds is 8. The van der Waals surface area contributed by atoms with Gasteiger partial charge in [0.1, 0.15) is 18.0 Å². The molecular formula is C25H40O8. The number of aliphatic carboxylic acids is 1. The zero-order chi connectivity index (χ0) is 25.3. The molecule has 33 heavy (non-hydrogen) atoms. The first-order chi connectivity index (χ1) is 15.4. The Hall–Kier alpha value is -2.03. The number of hydrogen-bond donors (Lipinski definition) is 3. The Morgan fingerprint density at radius 3 is 2.42 bits per heavy atom. The zero-order valence-corrected chi connectivity index (χ0v) is 20.6. The van der Waals surface area contributed by atoms with Gasteiger partial charge in [-0.1, -0.05) is 52.3 Å². The maximum atomic E-state index is 12.9. The molecule has 0 saturated carbocycles. The number of ether oxygens (including phenoxy) is 2. The van der Waals surface area contributed by atoms with Gasteiger partial charge in [-0.3, -0.25) is 9.59 Å². The van der Waals surface area contributed by atoms with Crippen LogP contribution in [-0.2, 0) is 23.9 Å². The highest BCUT2D eigenvalue weighted by Crippen LogP contribution is 2.27. The highest BCUT2D eigenvalue weighted by Gasteiger charge is 2.32. The molecule has 0 bridgehead atoms. The molecule has 1 aliphatic heterocycles. The van der Waals surface area contributed by atoms with Crippen LogP contribution in [0.4, 0.5) is 0 Å². The lowest BCUT2D eigenvalue weighted by Crippen LogP contribution is -2.39. The van der Waals surface area contributed by atoms with Crippen LogP contribution in [0.25, 0.3) is 0 Å². The van der Waals surface area contributed by atoms with Gasteiger partial charge in [-0.2, -0.15) is 0 Å². The third-order valence-electron chi connectivity index (χ3n) is 6.38. The van der Waals surface area contributed by atoms with Crippen LogP contribution in [0, 0.1) is 23.7 Å². The van der Waals surface area contributed by atoms with Crippen molar-refractivity contribution in [3.8, 4) is 0 Å². The van der Waals surface area contributed by atoms with E-state index < -0.39 is 48.2 Å². The predicted molar refractivity (Wildman–Crippen MR) is 123 cm³/mol. The number of aliphatic hydroxyl groups is 2. The van der Waals surface area contributed by atoms with Crippen LogP contribution in [0.2, 0.25) is 0 Å². The van der Waals surface area contributed by atoms with E-state index in [1.165, 1.54) is 13.2 Å². The first-order valence-electron chi connectivity index (χ1n) is 11.6. The zero-order valence-electron chi connectivity index (χ0n) is 20.6. The first-order valence-corrected chi connectivity index (χ1v) is 11.6. The summed E-state index contributed by atoms with van der Waals surface area (Å²) in [5.74, 6) is -3.20. The summed E-state index contributed by atoms with van der Waals surface area (Å²) in [4.78, 5) is 36.5. The van der Waals surface area contributed by atoms with E-state index in [9.17, 15) is 24.6 Å². The smallest absolute Gasteiger partial charge is 0.338 e. The van der Waals surface area contributed by atoms with Crippen LogP contribution in [0.1, 0.15) is 60.3 Å². The number of methoxy groups -OCH3 is 1. The molecule has 188 valence electrons. The number of Topliss-reactive ketones (excluding diaryl/α,β-unsaturated/α-hetero) is 1. The van der Waals surface area contributed by atoms with Gasteiger partial charge in [-0.05, 0) is 37.2 Å². The number of cyclic esters (lactones) is 1. The van der Waals surface area contributed by atoms with E-state index in [4.69, 9.17) is 14.6 Å². The number of hydrogen-bond acceptors (Lipinski definition) is 7. The third-order valence-corrected chi connectivity index (χ3v) is 6.38. The number of carbonyl (C=O) groups is 3. The van der Waals surface area contributed by atoms with Crippen molar-refractivity contribution in [3.63, 3.8) is 0 Å². The second-order valence-electron chi connectivity index (χ2n) is 9.33. The molecule has 0 saturated heterocycles. The van der Waals surface area contributed by atoms with Gasteiger partial charge >= 0.3 is 11.9 Å². The van der Waals surface area contributed by atoms with E-state index in [0.29, 0.717) is 5.57 Å². The van der Waals surface area contributed by atoms with Crippen LogP contribution in [0.15, 0.2) is 23.8 Å². The van der Waals surface area contributed by atoms with Crippen molar-refractivity contribution in [2.75, 3.05) is 7.11 Å². The summed E-state index contributed by atoms with van der Waals surface area (Å²) in [6, 6.07) is 0. The molecule has 1 aliphatic rings. The highest BCUT2D eigenvalue weighted by molar-refractivity contribution is 5.85. The van der Waals surface area contributed by atoms with Gasteiger partial charge in [0.25, 0.3) is 0 Å². The van der Waals surface area contributed by atoms with Crippen LogP contribution >= 0.6 is 0 Å². The standard InChI is InChI=1S/C25H40O8/c1-14-8-7-9-15(2)24(33-25(31)23(30)19(26)11-10-14)17(4)12-16(3)22(29)18(5)20(32-6)13-21(27)28/h10-12,14-16,18-20,23-24,26,30H,7-9,13H2,1-6H3,(H,27,28)/b11-10+,17-12+. The number of ketones is 1. The summed E-state index contributed by atoms with van der Waals surface area (Å²) in [5.41, 5.74) is 0.665. The Morgan fingerprint density at radius 2 is 1.85 bits per heavy atom. The van der Waals surface area contributed by atoms with Crippen molar-refractivity contribution in [3.05, 3.63) is 23.8 Å². The second kappa shape index (κ2) is 13.6. The molecule has 0 amide bonds. The molecule has 3 N–H and O–H groups in total.